The highest BCUT2D eigenvalue weighted by Crippen LogP contribution is 2.48. The lowest BCUT2D eigenvalue weighted by Crippen LogP contribution is -2.35. The third-order valence-corrected chi connectivity index (χ3v) is 8.93. The Morgan fingerprint density at radius 1 is 1.14 bits per heavy atom. The molecule has 0 unspecified atom stereocenters. The summed E-state index contributed by atoms with van der Waals surface area (Å²) < 4.78 is 50.6. The monoisotopic (exact) mass is 422 g/mol. The molecule has 0 radical (unpaired) electrons. The number of hydrogen-bond donors (Lipinski definition) is 1. The van der Waals surface area contributed by atoms with E-state index in [0.717, 1.165) is 10.6 Å². The molecule has 1 aromatic heterocycles. The van der Waals surface area contributed by atoms with E-state index in [1.54, 1.807) is 51.1 Å². The smallest absolute Gasteiger partial charge is 0.232 e. The first-order valence-electron chi connectivity index (χ1n) is 8.49. The molecular weight excluding hydrogens is 400 g/mol. The topological polar surface area (TPSA) is 105 Å². The number of aliphatic hydroxyl groups excluding tert-OH is 1. The number of nitrogens with zero attached hydrogens (tertiary/aromatic N) is 2. The fourth-order valence-corrected chi connectivity index (χ4v) is 5.76. The number of aliphatic hydroxyl groups is 1. The summed E-state index contributed by atoms with van der Waals surface area (Å²) >= 11 is 0. The summed E-state index contributed by atoms with van der Waals surface area (Å²) in [7, 11) is -6.15. The van der Waals surface area contributed by atoms with E-state index in [1.807, 2.05) is 0 Å². The van der Waals surface area contributed by atoms with E-state index in [2.05, 4.69) is 4.98 Å². The molecule has 0 atom stereocenters. The maximum absolute atomic E-state index is 13.5. The second kappa shape index (κ2) is 6.31. The number of sulfone groups is 1. The number of sulfonamides is 1. The largest absolute Gasteiger partial charge is 0.504 e. The SMILES string of the molecule is Cc1c(C2=C(O)c3ncccc3C(C)(C)S2(=O)=O)cccc1N(C)S(C)(=O)=O. The molecule has 150 valence electrons. The van der Waals surface area contributed by atoms with Crippen LogP contribution < -0.4 is 4.31 Å². The quantitative estimate of drug-likeness (QED) is 0.816. The summed E-state index contributed by atoms with van der Waals surface area (Å²) in [5, 5.41) is 10.9. The average molecular weight is 423 g/mol. The Kier molecular flexibility index (Phi) is 4.59. The Labute approximate surface area is 165 Å². The lowest BCUT2D eigenvalue weighted by atomic mass is 9.97. The fourth-order valence-electron chi connectivity index (χ4n) is 3.38. The molecule has 7 nitrogen and oxygen atoms in total. The molecule has 9 heteroatoms. The molecule has 1 N–H and O–H groups in total. The molecule has 0 fully saturated rings. The van der Waals surface area contributed by atoms with Crippen LogP contribution in [0.2, 0.25) is 0 Å². The number of benzene rings is 1. The molecule has 3 rings (SSSR count). The number of aromatic nitrogens is 1. The van der Waals surface area contributed by atoms with Crippen LogP contribution in [0.5, 0.6) is 0 Å². The molecule has 0 aliphatic carbocycles. The van der Waals surface area contributed by atoms with Crippen molar-refractivity contribution >= 4 is 36.2 Å². The van der Waals surface area contributed by atoms with Crippen LogP contribution >= 0.6 is 0 Å². The Hall–Kier alpha value is -2.39. The molecule has 1 aromatic carbocycles. The summed E-state index contributed by atoms with van der Waals surface area (Å²) in [4.78, 5) is 3.94. The summed E-state index contributed by atoms with van der Waals surface area (Å²) in [5.74, 6) is -0.433. The molecule has 1 aliphatic heterocycles. The van der Waals surface area contributed by atoms with Crippen LogP contribution in [0.3, 0.4) is 0 Å². The Bertz CT molecular complexity index is 1210. The predicted octanol–water partition coefficient (Wildman–Crippen LogP) is 2.83. The van der Waals surface area contributed by atoms with Gasteiger partial charge in [0, 0.05) is 24.4 Å². The van der Waals surface area contributed by atoms with Crippen molar-refractivity contribution < 1.29 is 21.9 Å². The van der Waals surface area contributed by atoms with Crippen molar-refractivity contribution in [3.8, 4) is 0 Å². The first kappa shape index (κ1) is 20.3. The molecule has 0 saturated heterocycles. The first-order valence-corrected chi connectivity index (χ1v) is 11.8. The molecule has 2 heterocycles. The zero-order valence-corrected chi connectivity index (χ0v) is 17.9. The van der Waals surface area contributed by atoms with Crippen LogP contribution in [0, 0.1) is 6.92 Å². The highest BCUT2D eigenvalue weighted by Gasteiger charge is 2.47. The third-order valence-electron chi connectivity index (χ3n) is 5.22. The molecule has 0 amide bonds. The number of hydrogen-bond acceptors (Lipinski definition) is 6. The van der Waals surface area contributed by atoms with Crippen molar-refractivity contribution in [1.29, 1.82) is 0 Å². The average Bonchev–Trinajstić information content (AvgIpc) is 2.60. The van der Waals surface area contributed by atoms with E-state index in [0.29, 0.717) is 16.8 Å². The van der Waals surface area contributed by atoms with Gasteiger partial charge in [-0.25, -0.2) is 16.8 Å². The van der Waals surface area contributed by atoms with E-state index >= 15 is 0 Å². The molecule has 1 aliphatic rings. The lowest BCUT2D eigenvalue weighted by molar-refractivity contribution is 0.501. The van der Waals surface area contributed by atoms with Gasteiger partial charge >= 0.3 is 0 Å². The van der Waals surface area contributed by atoms with E-state index in [-0.39, 0.29) is 16.2 Å². The zero-order valence-electron chi connectivity index (χ0n) is 16.3. The van der Waals surface area contributed by atoms with Crippen LogP contribution in [0.1, 0.15) is 36.2 Å². The van der Waals surface area contributed by atoms with Crippen molar-refractivity contribution in [2.24, 2.45) is 0 Å². The standard InChI is InChI=1S/C19H22N2O5S2/c1-12-13(8-6-10-15(12)21(4)27(5,23)24)18-17(22)16-14(9-7-11-20-16)19(2,3)28(18,25)26/h6-11,22H,1-5H3. The van der Waals surface area contributed by atoms with E-state index in [4.69, 9.17) is 0 Å². The molecular formula is C19H22N2O5S2. The Balaban J connectivity index is 2.39. The molecule has 28 heavy (non-hydrogen) atoms. The highest BCUT2D eigenvalue weighted by molar-refractivity contribution is 8.01. The van der Waals surface area contributed by atoms with E-state index in [9.17, 15) is 21.9 Å². The van der Waals surface area contributed by atoms with Crippen molar-refractivity contribution in [3.05, 3.63) is 58.9 Å². The Morgan fingerprint density at radius 2 is 1.79 bits per heavy atom. The van der Waals surface area contributed by atoms with Gasteiger partial charge in [-0.3, -0.25) is 9.29 Å². The van der Waals surface area contributed by atoms with Crippen LogP contribution in [0.15, 0.2) is 36.5 Å². The molecule has 0 bridgehead atoms. The maximum Gasteiger partial charge on any atom is 0.232 e. The summed E-state index contributed by atoms with van der Waals surface area (Å²) in [5.41, 5.74) is 1.63. The van der Waals surface area contributed by atoms with Gasteiger partial charge in [-0.15, -0.1) is 0 Å². The van der Waals surface area contributed by atoms with Crippen molar-refractivity contribution in [2.75, 3.05) is 17.6 Å². The van der Waals surface area contributed by atoms with Gasteiger partial charge in [-0.1, -0.05) is 18.2 Å². The minimum atomic E-state index is -4.00. The summed E-state index contributed by atoms with van der Waals surface area (Å²) in [6.45, 7) is 4.76. The van der Waals surface area contributed by atoms with Gasteiger partial charge in [0.2, 0.25) is 10.0 Å². The third kappa shape index (κ3) is 2.80. The maximum atomic E-state index is 13.5. The van der Waals surface area contributed by atoms with Crippen molar-refractivity contribution in [3.63, 3.8) is 0 Å². The predicted molar refractivity (Wildman–Crippen MR) is 110 cm³/mol. The second-order valence-electron chi connectivity index (χ2n) is 7.27. The number of fused-ring (bicyclic) bond motifs is 1. The molecule has 2 aromatic rings. The van der Waals surface area contributed by atoms with E-state index in [1.165, 1.54) is 13.2 Å². The first-order chi connectivity index (χ1) is 12.8. The van der Waals surface area contributed by atoms with Crippen molar-refractivity contribution in [2.45, 2.75) is 25.5 Å². The van der Waals surface area contributed by atoms with Crippen LogP contribution in [0.25, 0.3) is 10.7 Å². The van der Waals surface area contributed by atoms with Gasteiger partial charge in [0.25, 0.3) is 0 Å². The minimum Gasteiger partial charge on any atom is -0.504 e. The minimum absolute atomic E-state index is 0.207. The van der Waals surface area contributed by atoms with Crippen molar-refractivity contribution in [1.82, 2.24) is 4.98 Å². The van der Waals surface area contributed by atoms with Gasteiger partial charge < -0.3 is 5.11 Å². The lowest BCUT2D eigenvalue weighted by Gasteiger charge is -2.33. The second-order valence-corrected chi connectivity index (χ2v) is 11.7. The number of rotatable bonds is 3. The fraction of sp³-hybridized carbons (Fsp3) is 0.316. The van der Waals surface area contributed by atoms with Gasteiger partial charge in [0.15, 0.2) is 15.6 Å². The van der Waals surface area contributed by atoms with Gasteiger partial charge in [-0.05, 0) is 38.5 Å². The van der Waals surface area contributed by atoms with Gasteiger partial charge in [0.1, 0.15) is 10.6 Å². The van der Waals surface area contributed by atoms with Crippen LogP contribution in [-0.4, -0.2) is 40.2 Å². The highest BCUT2D eigenvalue weighted by atomic mass is 32.2. The van der Waals surface area contributed by atoms with Gasteiger partial charge in [0.05, 0.1) is 16.7 Å². The molecule has 0 saturated carbocycles. The zero-order chi connectivity index (χ0) is 21.1. The Morgan fingerprint density at radius 3 is 2.39 bits per heavy atom. The molecule has 0 spiro atoms. The van der Waals surface area contributed by atoms with Crippen LogP contribution in [0.4, 0.5) is 5.69 Å². The number of anilines is 1. The van der Waals surface area contributed by atoms with Gasteiger partial charge in [-0.2, -0.15) is 0 Å². The summed E-state index contributed by atoms with van der Waals surface area (Å²) in [6.07, 6.45) is 2.55. The normalized spacial score (nSPS) is 17.9. The number of pyridine rings is 1. The van der Waals surface area contributed by atoms with Crippen LogP contribution in [-0.2, 0) is 24.6 Å². The van der Waals surface area contributed by atoms with E-state index < -0.39 is 30.4 Å². The summed E-state index contributed by atoms with van der Waals surface area (Å²) in [6, 6.07) is 7.97.